The highest BCUT2D eigenvalue weighted by Gasteiger charge is 2.29. The van der Waals surface area contributed by atoms with Crippen molar-refractivity contribution in [2.24, 2.45) is 5.92 Å². The lowest BCUT2D eigenvalue weighted by Crippen LogP contribution is -2.37. The molecule has 1 amide bonds. The number of morpholine rings is 1. The first-order chi connectivity index (χ1) is 19.1. The van der Waals surface area contributed by atoms with E-state index >= 15 is 0 Å². The SMILES string of the molecule is COc1c(Cl)nc(Nc2n[nH]c3ccccc23)nc1N1CCOCC1.COc1ccc(NC(=O)C2CC2)cc1. The van der Waals surface area contributed by atoms with Gasteiger partial charge >= 0.3 is 0 Å². The molecule has 0 bridgehead atoms. The largest absolute Gasteiger partial charge is 0.497 e. The van der Waals surface area contributed by atoms with Crippen molar-refractivity contribution < 1.29 is 19.0 Å². The Labute approximate surface area is 230 Å². The summed E-state index contributed by atoms with van der Waals surface area (Å²) in [6.07, 6.45) is 2.06. The van der Waals surface area contributed by atoms with Gasteiger partial charge in [0, 0.05) is 30.1 Å². The molecule has 2 aliphatic rings. The van der Waals surface area contributed by atoms with Crippen LogP contribution in [-0.2, 0) is 9.53 Å². The third-order valence-corrected chi connectivity index (χ3v) is 6.58. The highest BCUT2D eigenvalue weighted by Crippen LogP contribution is 2.35. The molecule has 1 saturated heterocycles. The average molecular weight is 552 g/mol. The van der Waals surface area contributed by atoms with Crippen LogP contribution in [-0.4, -0.2) is 66.6 Å². The number of halogens is 1. The maximum absolute atomic E-state index is 11.4. The van der Waals surface area contributed by atoms with Crippen molar-refractivity contribution >= 4 is 51.7 Å². The lowest BCUT2D eigenvalue weighted by molar-refractivity contribution is -0.117. The number of hydrogen-bond acceptors (Lipinski definition) is 9. The molecule has 12 heteroatoms. The van der Waals surface area contributed by atoms with Crippen molar-refractivity contribution in [1.29, 1.82) is 0 Å². The maximum Gasteiger partial charge on any atom is 0.232 e. The number of ether oxygens (including phenoxy) is 3. The summed E-state index contributed by atoms with van der Waals surface area (Å²) >= 11 is 6.31. The number of hydrogen-bond donors (Lipinski definition) is 3. The van der Waals surface area contributed by atoms with E-state index in [9.17, 15) is 4.79 Å². The minimum Gasteiger partial charge on any atom is -0.497 e. The Balaban J connectivity index is 0.000000186. The van der Waals surface area contributed by atoms with Gasteiger partial charge in [0.2, 0.25) is 11.9 Å². The van der Waals surface area contributed by atoms with Gasteiger partial charge in [-0.3, -0.25) is 9.89 Å². The van der Waals surface area contributed by atoms with Crippen molar-refractivity contribution in [3.8, 4) is 11.5 Å². The molecular formula is C27H30ClN7O4. The normalized spacial score (nSPS) is 14.8. The lowest BCUT2D eigenvalue weighted by Gasteiger charge is -2.29. The van der Waals surface area contributed by atoms with Gasteiger partial charge in [-0.1, -0.05) is 23.7 Å². The number of carbonyl (C=O) groups excluding carboxylic acids is 1. The summed E-state index contributed by atoms with van der Waals surface area (Å²) in [5.41, 5.74) is 1.76. The molecule has 2 aromatic heterocycles. The van der Waals surface area contributed by atoms with E-state index in [0.717, 1.165) is 35.2 Å². The van der Waals surface area contributed by atoms with Gasteiger partial charge in [0.05, 0.1) is 33.0 Å². The van der Waals surface area contributed by atoms with Crippen molar-refractivity contribution in [2.75, 3.05) is 56.1 Å². The fourth-order valence-electron chi connectivity index (χ4n) is 4.06. The highest BCUT2D eigenvalue weighted by atomic mass is 35.5. The number of methoxy groups -OCH3 is 2. The predicted molar refractivity (Wildman–Crippen MR) is 150 cm³/mol. The minimum atomic E-state index is 0.134. The zero-order valence-electron chi connectivity index (χ0n) is 21.7. The van der Waals surface area contributed by atoms with E-state index in [1.807, 2.05) is 48.5 Å². The second-order valence-electron chi connectivity index (χ2n) is 9.03. The van der Waals surface area contributed by atoms with Gasteiger partial charge in [-0.2, -0.15) is 15.1 Å². The van der Waals surface area contributed by atoms with Gasteiger partial charge in [-0.05, 0) is 49.2 Å². The summed E-state index contributed by atoms with van der Waals surface area (Å²) < 4.78 is 15.8. The topological polar surface area (TPSA) is 127 Å². The first kappa shape index (κ1) is 26.5. The summed E-state index contributed by atoms with van der Waals surface area (Å²) in [6, 6.07) is 15.2. The van der Waals surface area contributed by atoms with Gasteiger partial charge in [0.1, 0.15) is 5.75 Å². The Morgan fingerprint density at radius 3 is 2.49 bits per heavy atom. The quantitative estimate of drug-likeness (QED) is 0.281. The van der Waals surface area contributed by atoms with Crippen molar-refractivity contribution in [1.82, 2.24) is 20.2 Å². The number of fused-ring (bicyclic) bond motifs is 1. The molecule has 3 N–H and O–H groups in total. The summed E-state index contributed by atoms with van der Waals surface area (Å²) in [5.74, 6) is 3.30. The number of anilines is 4. The minimum absolute atomic E-state index is 0.134. The van der Waals surface area contributed by atoms with Crippen LogP contribution in [0.25, 0.3) is 10.9 Å². The fraction of sp³-hybridized carbons (Fsp3) is 0.333. The Bertz CT molecular complexity index is 1420. The molecular weight excluding hydrogens is 522 g/mol. The number of aromatic nitrogens is 4. The molecule has 0 unspecified atom stereocenters. The summed E-state index contributed by atoms with van der Waals surface area (Å²) in [5, 5.41) is 14.4. The number of nitrogens with one attached hydrogen (secondary N) is 3. The summed E-state index contributed by atoms with van der Waals surface area (Å²) in [7, 11) is 3.18. The van der Waals surface area contributed by atoms with Crippen LogP contribution in [0, 0.1) is 5.92 Å². The number of benzene rings is 2. The molecule has 3 heterocycles. The Hall–Kier alpha value is -4.09. The van der Waals surface area contributed by atoms with E-state index in [2.05, 4.69) is 35.7 Å². The molecule has 11 nitrogen and oxygen atoms in total. The fourth-order valence-corrected chi connectivity index (χ4v) is 4.30. The molecule has 39 heavy (non-hydrogen) atoms. The van der Waals surface area contributed by atoms with Crippen LogP contribution >= 0.6 is 11.6 Å². The van der Waals surface area contributed by atoms with Crippen LogP contribution in [0.5, 0.6) is 11.5 Å². The van der Waals surface area contributed by atoms with Crippen LogP contribution in [0.3, 0.4) is 0 Å². The first-order valence-corrected chi connectivity index (χ1v) is 13.0. The molecule has 0 radical (unpaired) electrons. The molecule has 1 aliphatic carbocycles. The molecule has 0 spiro atoms. The average Bonchev–Trinajstić information content (AvgIpc) is 3.76. The zero-order chi connectivity index (χ0) is 27.2. The zero-order valence-corrected chi connectivity index (χ0v) is 22.5. The second kappa shape index (κ2) is 12.2. The van der Waals surface area contributed by atoms with Crippen LogP contribution in [0.1, 0.15) is 12.8 Å². The Morgan fingerprint density at radius 1 is 1.05 bits per heavy atom. The molecule has 6 rings (SSSR count). The molecule has 2 aromatic carbocycles. The standard InChI is InChI=1S/C16H17ClN6O2.C11H13NO2/c1-24-12-13(17)18-16(20-15(12)23-6-8-25-9-7-23)19-14-10-4-2-3-5-11(10)21-22-14;1-14-10-6-4-9(5-7-10)12-11(13)8-2-3-8/h2-5H,6-9H2,1H3,(H2,18,19,20,21,22);4-8H,2-3H2,1H3,(H,12,13). The van der Waals surface area contributed by atoms with Crippen molar-refractivity contribution in [2.45, 2.75) is 12.8 Å². The van der Waals surface area contributed by atoms with Crippen LogP contribution in [0.2, 0.25) is 5.15 Å². The Kier molecular flexibility index (Phi) is 8.28. The van der Waals surface area contributed by atoms with E-state index in [0.29, 0.717) is 49.6 Å². The first-order valence-electron chi connectivity index (χ1n) is 12.6. The second-order valence-corrected chi connectivity index (χ2v) is 9.39. The predicted octanol–water partition coefficient (Wildman–Crippen LogP) is 4.64. The highest BCUT2D eigenvalue weighted by molar-refractivity contribution is 6.31. The number of rotatable bonds is 7. The van der Waals surface area contributed by atoms with Gasteiger partial charge in [-0.25, -0.2) is 0 Å². The van der Waals surface area contributed by atoms with Gasteiger partial charge < -0.3 is 29.7 Å². The molecule has 4 aromatic rings. The van der Waals surface area contributed by atoms with Crippen molar-refractivity contribution in [3.63, 3.8) is 0 Å². The third kappa shape index (κ3) is 6.50. The molecule has 1 saturated carbocycles. The van der Waals surface area contributed by atoms with Gasteiger partial charge in [0.25, 0.3) is 0 Å². The number of para-hydroxylation sites is 1. The number of nitrogens with zero attached hydrogens (tertiary/aromatic N) is 4. The molecule has 204 valence electrons. The van der Waals surface area contributed by atoms with E-state index in [1.54, 1.807) is 14.2 Å². The van der Waals surface area contributed by atoms with E-state index in [4.69, 9.17) is 25.8 Å². The molecule has 2 fully saturated rings. The third-order valence-electron chi connectivity index (χ3n) is 6.33. The van der Waals surface area contributed by atoms with Crippen LogP contribution in [0.15, 0.2) is 48.5 Å². The van der Waals surface area contributed by atoms with Crippen molar-refractivity contribution in [3.05, 3.63) is 53.7 Å². The number of aromatic amines is 1. The summed E-state index contributed by atoms with van der Waals surface area (Å²) in [6.45, 7) is 2.71. The lowest BCUT2D eigenvalue weighted by atomic mass is 10.2. The van der Waals surface area contributed by atoms with E-state index in [-0.39, 0.29) is 17.0 Å². The van der Waals surface area contributed by atoms with Gasteiger partial charge in [0.15, 0.2) is 22.5 Å². The summed E-state index contributed by atoms with van der Waals surface area (Å²) in [4.78, 5) is 22.3. The van der Waals surface area contributed by atoms with Crippen LogP contribution in [0.4, 0.5) is 23.3 Å². The smallest absolute Gasteiger partial charge is 0.232 e. The van der Waals surface area contributed by atoms with Gasteiger partial charge in [-0.15, -0.1) is 0 Å². The molecule has 0 atom stereocenters. The number of amides is 1. The number of carbonyl (C=O) groups is 1. The Morgan fingerprint density at radius 2 is 1.79 bits per heavy atom. The van der Waals surface area contributed by atoms with Crippen LogP contribution < -0.4 is 25.0 Å². The van der Waals surface area contributed by atoms with E-state index in [1.165, 1.54) is 0 Å². The van der Waals surface area contributed by atoms with E-state index < -0.39 is 0 Å². The maximum atomic E-state index is 11.4. The monoisotopic (exact) mass is 551 g/mol. The number of H-pyrrole nitrogens is 1. The molecule has 1 aliphatic heterocycles.